The summed E-state index contributed by atoms with van der Waals surface area (Å²) >= 11 is 0. The van der Waals surface area contributed by atoms with Gasteiger partial charge in [-0.1, -0.05) is 13.0 Å². The van der Waals surface area contributed by atoms with Crippen molar-refractivity contribution in [1.82, 2.24) is 0 Å². The molecule has 0 N–H and O–H groups in total. The smallest absolute Gasteiger partial charge is 0.336 e. The lowest BCUT2D eigenvalue weighted by Gasteiger charge is -2.01. The molecule has 1 heterocycles. The maximum absolute atomic E-state index is 11.4. The molecule has 90 valence electrons. The van der Waals surface area contributed by atoms with Gasteiger partial charge in [-0.2, -0.15) is 0 Å². The van der Waals surface area contributed by atoms with E-state index < -0.39 is 5.97 Å². The molecule has 2 atom stereocenters. The van der Waals surface area contributed by atoms with E-state index in [4.69, 9.17) is 9.47 Å². The van der Waals surface area contributed by atoms with Gasteiger partial charge in [0.2, 0.25) is 0 Å². The van der Waals surface area contributed by atoms with Gasteiger partial charge in [-0.25, -0.2) is 4.79 Å². The fraction of sp³-hybridized carbons (Fsp3) is 0.636. The van der Waals surface area contributed by atoms with Crippen LogP contribution in [0.3, 0.4) is 0 Å². The molecule has 1 rings (SSSR count). The van der Waals surface area contributed by atoms with E-state index in [9.17, 15) is 9.59 Å². The molecule has 1 aliphatic rings. The van der Waals surface area contributed by atoms with Crippen LogP contribution in [0, 0.1) is 0 Å². The monoisotopic (exact) mass is 228 g/mol. The molecule has 1 aliphatic heterocycles. The number of carbonyl (C=O) groups is 2. The highest BCUT2D eigenvalue weighted by molar-refractivity contribution is 5.90. The van der Waals surface area contributed by atoms with E-state index in [1.54, 1.807) is 6.08 Å². The zero-order chi connectivity index (χ0) is 12.1. The highest BCUT2D eigenvalue weighted by atomic mass is 16.6. The van der Waals surface area contributed by atoms with Crippen LogP contribution in [0.1, 0.15) is 20.3 Å². The third-order valence-corrected chi connectivity index (χ3v) is 2.18. The van der Waals surface area contributed by atoms with Crippen LogP contribution in [0.15, 0.2) is 11.6 Å². The molecule has 0 bridgehead atoms. The van der Waals surface area contributed by atoms with Crippen LogP contribution in [-0.2, 0) is 23.8 Å². The van der Waals surface area contributed by atoms with E-state index in [1.807, 2.05) is 6.92 Å². The lowest BCUT2D eigenvalue weighted by Crippen LogP contribution is -2.15. The summed E-state index contributed by atoms with van der Waals surface area (Å²) in [7, 11) is 1.33. The maximum atomic E-state index is 11.4. The highest BCUT2D eigenvalue weighted by Gasteiger charge is 2.45. The minimum atomic E-state index is -0.392. The number of hydrogen-bond donors (Lipinski definition) is 0. The molecule has 1 fully saturated rings. The first kappa shape index (κ1) is 12.7. The number of allylic oxidation sites excluding steroid dienone is 1. The van der Waals surface area contributed by atoms with E-state index >= 15 is 0 Å². The zero-order valence-corrected chi connectivity index (χ0v) is 9.69. The van der Waals surface area contributed by atoms with Gasteiger partial charge in [-0.05, 0) is 6.42 Å². The number of epoxide rings is 1. The third-order valence-electron chi connectivity index (χ3n) is 2.18. The standard InChI is InChI=1S/C11H16O5/c1-4-5-8(11(13)14-3)10-9(16-10)6-15-7(2)12/h5,9-10H,4,6H2,1-3H3. The molecule has 0 aromatic rings. The minimum absolute atomic E-state index is 0.179. The molecule has 0 amide bonds. The Kier molecular flexibility index (Phi) is 4.49. The Balaban J connectivity index is 2.48. The van der Waals surface area contributed by atoms with Crippen molar-refractivity contribution in [3.05, 3.63) is 11.6 Å². The number of methoxy groups -OCH3 is 1. The topological polar surface area (TPSA) is 65.1 Å². The lowest BCUT2D eigenvalue weighted by molar-refractivity contribution is -0.141. The van der Waals surface area contributed by atoms with E-state index in [0.717, 1.165) is 6.42 Å². The molecule has 1 saturated heterocycles. The average Bonchev–Trinajstić information content (AvgIpc) is 3.01. The molecule has 16 heavy (non-hydrogen) atoms. The SMILES string of the molecule is CCC=C(C(=O)OC)C1OC1COC(C)=O. The second kappa shape index (κ2) is 5.65. The summed E-state index contributed by atoms with van der Waals surface area (Å²) in [5.41, 5.74) is 0.502. The van der Waals surface area contributed by atoms with Crippen LogP contribution in [0.4, 0.5) is 0 Å². The van der Waals surface area contributed by atoms with Gasteiger partial charge in [0.05, 0.1) is 12.7 Å². The number of ether oxygens (including phenoxy) is 3. The second-order valence-electron chi connectivity index (χ2n) is 3.46. The first-order valence-electron chi connectivity index (χ1n) is 5.17. The molecule has 0 aromatic heterocycles. The summed E-state index contributed by atoms with van der Waals surface area (Å²) < 4.78 is 14.7. The molecule has 0 spiro atoms. The molecule has 0 aliphatic carbocycles. The Morgan fingerprint density at radius 1 is 1.44 bits per heavy atom. The Morgan fingerprint density at radius 3 is 2.62 bits per heavy atom. The number of carbonyl (C=O) groups excluding carboxylic acids is 2. The average molecular weight is 228 g/mol. The van der Waals surface area contributed by atoms with E-state index in [1.165, 1.54) is 14.0 Å². The van der Waals surface area contributed by atoms with Gasteiger partial charge < -0.3 is 14.2 Å². The molecular formula is C11H16O5. The van der Waals surface area contributed by atoms with Gasteiger partial charge in [0.25, 0.3) is 0 Å². The maximum Gasteiger partial charge on any atom is 0.336 e. The molecule has 0 aromatic carbocycles. The van der Waals surface area contributed by atoms with Crippen molar-refractivity contribution in [2.75, 3.05) is 13.7 Å². The molecule has 2 unspecified atom stereocenters. The summed E-state index contributed by atoms with van der Waals surface area (Å²) in [6, 6.07) is 0. The Morgan fingerprint density at radius 2 is 2.12 bits per heavy atom. The molecule has 5 nitrogen and oxygen atoms in total. The number of rotatable bonds is 5. The van der Waals surface area contributed by atoms with Crippen LogP contribution in [0.2, 0.25) is 0 Å². The minimum Gasteiger partial charge on any atom is -0.466 e. The fourth-order valence-corrected chi connectivity index (χ4v) is 1.40. The van der Waals surface area contributed by atoms with Gasteiger partial charge in [0.1, 0.15) is 18.8 Å². The number of hydrogen-bond acceptors (Lipinski definition) is 5. The summed E-state index contributed by atoms with van der Waals surface area (Å²) in [6.07, 6.45) is 1.97. The van der Waals surface area contributed by atoms with Gasteiger partial charge in [0.15, 0.2) is 0 Å². The van der Waals surface area contributed by atoms with Crippen molar-refractivity contribution in [2.24, 2.45) is 0 Å². The van der Waals surface area contributed by atoms with Crippen LogP contribution in [-0.4, -0.2) is 37.9 Å². The third kappa shape index (κ3) is 3.34. The van der Waals surface area contributed by atoms with Crippen molar-refractivity contribution < 1.29 is 23.8 Å². The van der Waals surface area contributed by atoms with Gasteiger partial charge in [-0.3, -0.25) is 4.79 Å². The number of esters is 2. The fourth-order valence-electron chi connectivity index (χ4n) is 1.40. The van der Waals surface area contributed by atoms with Crippen LogP contribution < -0.4 is 0 Å². The second-order valence-corrected chi connectivity index (χ2v) is 3.46. The Hall–Kier alpha value is -1.36. The van der Waals surface area contributed by atoms with Crippen molar-refractivity contribution in [2.45, 2.75) is 32.5 Å². The predicted octanol–water partition coefficient (Wildman–Crippen LogP) is 0.826. The van der Waals surface area contributed by atoms with E-state index in [0.29, 0.717) is 5.57 Å². The molecule has 0 radical (unpaired) electrons. The Labute approximate surface area is 94.4 Å². The van der Waals surface area contributed by atoms with Crippen molar-refractivity contribution in [3.8, 4) is 0 Å². The van der Waals surface area contributed by atoms with Crippen molar-refractivity contribution >= 4 is 11.9 Å². The van der Waals surface area contributed by atoms with Crippen LogP contribution >= 0.6 is 0 Å². The first-order valence-corrected chi connectivity index (χ1v) is 5.17. The van der Waals surface area contributed by atoms with Crippen LogP contribution in [0.25, 0.3) is 0 Å². The first-order chi connectivity index (χ1) is 7.60. The molecule has 0 saturated carbocycles. The van der Waals surface area contributed by atoms with E-state index in [-0.39, 0.29) is 24.8 Å². The predicted molar refractivity (Wildman–Crippen MR) is 55.7 cm³/mol. The molecular weight excluding hydrogens is 212 g/mol. The summed E-state index contributed by atoms with van der Waals surface area (Å²) in [5, 5.41) is 0. The summed E-state index contributed by atoms with van der Waals surface area (Å²) in [4.78, 5) is 22.0. The van der Waals surface area contributed by atoms with Crippen molar-refractivity contribution in [3.63, 3.8) is 0 Å². The zero-order valence-electron chi connectivity index (χ0n) is 9.69. The normalized spacial score (nSPS) is 23.8. The molecule has 5 heteroatoms. The van der Waals surface area contributed by atoms with Crippen LogP contribution in [0.5, 0.6) is 0 Å². The quantitative estimate of drug-likeness (QED) is 0.396. The van der Waals surface area contributed by atoms with E-state index in [2.05, 4.69) is 4.74 Å². The Bertz CT molecular complexity index is 307. The summed E-state index contributed by atoms with van der Waals surface area (Å²) in [5.74, 6) is -0.745. The summed E-state index contributed by atoms with van der Waals surface area (Å²) in [6.45, 7) is 3.44. The lowest BCUT2D eigenvalue weighted by atomic mass is 10.1. The van der Waals surface area contributed by atoms with Gasteiger partial charge in [-0.15, -0.1) is 0 Å². The van der Waals surface area contributed by atoms with Gasteiger partial charge in [0, 0.05) is 6.92 Å². The van der Waals surface area contributed by atoms with Gasteiger partial charge >= 0.3 is 11.9 Å². The largest absolute Gasteiger partial charge is 0.466 e. The highest BCUT2D eigenvalue weighted by Crippen LogP contribution is 2.30. The van der Waals surface area contributed by atoms with Crippen molar-refractivity contribution in [1.29, 1.82) is 0 Å².